The molecule has 0 bridgehead atoms. The molecule has 16 heavy (non-hydrogen) atoms. The fraction of sp³-hybridized carbons (Fsp3) is 0.556. The normalized spacial score (nSPS) is 13.4. The maximum Gasteiger partial charge on any atom is 0.237 e. The second-order valence-electron chi connectivity index (χ2n) is 3.37. The smallest absolute Gasteiger partial charge is 0.237 e. The Hall–Kier alpha value is -1.21. The van der Waals surface area contributed by atoms with Crippen LogP contribution in [0.3, 0.4) is 0 Å². The summed E-state index contributed by atoms with van der Waals surface area (Å²) in [5.41, 5.74) is 0. The minimum absolute atomic E-state index is 0.242. The fourth-order valence-electron chi connectivity index (χ4n) is 1.06. The van der Waals surface area contributed by atoms with Gasteiger partial charge in [-0.25, -0.2) is 8.42 Å². The molecule has 0 aliphatic carbocycles. The molecule has 0 aliphatic rings. The lowest BCUT2D eigenvalue weighted by Crippen LogP contribution is -2.34. The maximum absolute atomic E-state index is 11.8. The molecule has 90 valence electrons. The lowest BCUT2D eigenvalue weighted by Gasteiger charge is -2.13. The molecule has 1 unspecified atom stereocenters. The van der Waals surface area contributed by atoms with Gasteiger partial charge in [-0.1, -0.05) is 6.92 Å². The van der Waals surface area contributed by atoms with Gasteiger partial charge >= 0.3 is 0 Å². The van der Waals surface area contributed by atoms with Gasteiger partial charge in [0.2, 0.25) is 10.0 Å². The fourth-order valence-corrected chi connectivity index (χ4v) is 2.00. The molecule has 1 aromatic rings. The number of rotatable bonds is 6. The van der Waals surface area contributed by atoms with Gasteiger partial charge in [-0.2, -0.15) is 5.10 Å². The summed E-state index contributed by atoms with van der Waals surface area (Å²) < 4.78 is 26.0. The summed E-state index contributed by atoms with van der Waals surface area (Å²) in [6.45, 7) is 4.72. The molecule has 1 heterocycles. The quantitative estimate of drug-likeness (QED) is 0.747. The van der Waals surface area contributed by atoms with Crippen molar-refractivity contribution in [3.05, 3.63) is 18.3 Å². The Labute approximate surface area is 95.5 Å². The molecule has 7 heteroatoms. The van der Waals surface area contributed by atoms with E-state index in [0.29, 0.717) is 6.54 Å². The Balaban J connectivity index is 2.65. The van der Waals surface area contributed by atoms with Crippen molar-refractivity contribution in [2.75, 3.05) is 17.8 Å². The van der Waals surface area contributed by atoms with Crippen LogP contribution in [0.2, 0.25) is 0 Å². The Bertz CT molecular complexity index is 407. The molecule has 2 N–H and O–H groups in total. The predicted molar refractivity (Wildman–Crippen MR) is 62.6 cm³/mol. The third-order valence-corrected chi connectivity index (χ3v) is 3.75. The summed E-state index contributed by atoms with van der Waals surface area (Å²) >= 11 is 0. The van der Waals surface area contributed by atoms with E-state index in [9.17, 15) is 8.42 Å². The lowest BCUT2D eigenvalue weighted by atomic mass is 10.5. The Kier molecular flexibility index (Phi) is 4.63. The highest BCUT2D eigenvalue weighted by Gasteiger charge is 2.20. The molecule has 6 nitrogen and oxygen atoms in total. The molecule has 1 atom stereocenters. The average Bonchev–Trinajstić information content (AvgIpc) is 2.26. The maximum atomic E-state index is 11.8. The zero-order valence-electron chi connectivity index (χ0n) is 9.34. The number of aromatic nitrogens is 2. The first kappa shape index (κ1) is 12.9. The highest BCUT2D eigenvalue weighted by molar-refractivity contribution is 7.93. The molecular weight excluding hydrogens is 228 g/mol. The number of nitrogens with one attached hydrogen (secondary N) is 2. The first-order valence-corrected chi connectivity index (χ1v) is 6.61. The van der Waals surface area contributed by atoms with Crippen LogP contribution in [-0.4, -0.2) is 37.0 Å². The third kappa shape index (κ3) is 3.74. The molecule has 0 spiro atoms. The third-order valence-electron chi connectivity index (χ3n) is 2.03. The highest BCUT2D eigenvalue weighted by atomic mass is 32.2. The van der Waals surface area contributed by atoms with Crippen molar-refractivity contribution in [3.8, 4) is 0 Å². The summed E-state index contributed by atoms with van der Waals surface area (Å²) in [5.74, 6) is 0.242. The molecule has 0 amide bonds. The van der Waals surface area contributed by atoms with Gasteiger partial charge in [0.05, 0.1) is 5.25 Å². The van der Waals surface area contributed by atoms with Crippen molar-refractivity contribution in [2.45, 2.75) is 19.1 Å². The average molecular weight is 244 g/mol. The monoisotopic (exact) mass is 244 g/mol. The second-order valence-corrected chi connectivity index (χ2v) is 5.47. The minimum Gasteiger partial charge on any atom is -0.316 e. The van der Waals surface area contributed by atoms with Gasteiger partial charge in [0, 0.05) is 12.7 Å². The summed E-state index contributed by atoms with van der Waals surface area (Å²) in [6, 6.07) is 3.18. The molecule has 1 aromatic heterocycles. The zero-order chi connectivity index (χ0) is 12.0. The Morgan fingerprint density at radius 1 is 1.50 bits per heavy atom. The van der Waals surface area contributed by atoms with E-state index in [1.165, 1.54) is 6.20 Å². The van der Waals surface area contributed by atoms with Crippen LogP contribution in [0.15, 0.2) is 18.3 Å². The van der Waals surface area contributed by atoms with E-state index < -0.39 is 15.3 Å². The summed E-state index contributed by atoms with van der Waals surface area (Å²) in [7, 11) is -3.40. The van der Waals surface area contributed by atoms with E-state index in [2.05, 4.69) is 20.2 Å². The van der Waals surface area contributed by atoms with Crippen molar-refractivity contribution in [2.24, 2.45) is 0 Å². The minimum atomic E-state index is -3.40. The van der Waals surface area contributed by atoms with Crippen molar-refractivity contribution < 1.29 is 8.42 Å². The van der Waals surface area contributed by atoms with Crippen molar-refractivity contribution in [1.29, 1.82) is 0 Å². The molecule has 0 saturated heterocycles. The Morgan fingerprint density at radius 3 is 2.81 bits per heavy atom. The number of nitrogens with zero attached hydrogens (tertiary/aromatic N) is 2. The number of hydrogen-bond acceptors (Lipinski definition) is 5. The molecule has 1 rings (SSSR count). The summed E-state index contributed by atoms with van der Waals surface area (Å²) in [4.78, 5) is 0. The van der Waals surface area contributed by atoms with Crippen molar-refractivity contribution in [3.63, 3.8) is 0 Å². The van der Waals surface area contributed by atoms with Gasteiger partial charge < -0.3 is 5.32 Å². The van der Waals surface area contributed by atoms with E-state index in [1.54, 1.807) is 19.1 Å². The lowest BCUT2D eigenvalue weighted by molar-refractivity contribution is 0.579. The van der Waals surface area contributed by atoms with Gasteiger partial charge in [-0.15, -0.1) is 5.10 Å². The van der Waals surface area contributed by atoms with E-state index in [4.69, 9.17) is 0 Å². The summed E-state index contributed by atoms with van der Waals surface area (Å²) in [5, 5.41) is 9.73. The second kappa shape index (κ2) is 5.76. The van der Waals surface area contributed by atoms with Crippen LogP contribution in [0.4, 0.5) is 5.82 Å². The van der Waals surface area contributed by atoms with Gasteiger partial charge in [0.1, 0.15) is 0 Å². The first-order chi connectivity index (χ1) is 7.56. The molecule has 0 radical (unpaired) electrons. The van der Waals surface area contributed by atoms with Crippen LogP contribution in [0, 0.1) is 0 Å². The molecular formula is C9H16N4O2S. The van der Waals surface area contributed by atoms with Gasteiger partial charge in [-0.3, -0.25) is 4.72 Å². The van der Waals surface area contributed by atoms with Crippen molar-refractivity contribution >= 4 is 15.8 Å². The molecule has 0 saturated carbocycles. The highest BCUT2D eigenvalue weighted by Crippen LogP contribution is 2.06. The van der Waals surface area contributed by atoms with Crippen LogP contribution < -0.4 is 10.0 Å². The number of anilines is 1. The van der Waals surface area contributed by atoms with Crippen LogP contribution >= 0.6 is 0 Å². The van der Waals surface area contributed by atoms with Crippen LogP contribution in [0.5, 0.6) is 0 Å². The van der Waals surface area contributed by atoms with Crippen LogP contribution in [-0.2, 0) is 10.0 Å². The van der Waals surface area contributed by atoms with Crippen molar-refractivity contribution in [1.82, 2.24) is 15.5 Å². The van der Waals surface area contributed by atoms with Crippen LogP contribution in [0.25, 0.3) is 0 Å². The topological polar surface area (TPSA) is 84.0 Å². The zero-order valence-corrected chi connectivity index (χ0v) is 10.2. The Morgan fingerprint density at radius 2 is 2.25 bits per heavy atom. The summed E-state index contributed by atoms with van der Waals surface area (Å²) in [6.07, 6.45) is 1.49. The van der Waals surface area contributed by atoms with E-state index in [-0.39, 0.29) is 5.82 Å². The van der Waals surface area contributed by atoms with Crippen LogP contribution in [0.1, 0.15) is 13.8 Å². The molecule has 0 aliphatic heterocycles. The SMILES string of the molecule is CCNCC(C)S(=O)(=O)Nc1cccnn1. The van der Waals surface area contributed by atoms with Gasteiger partial charge in [0.15, 0.2) is 5.82 Å². The van der Waals surface area contributed by atoms with E-state index in [1.807, 2.05) is 6.92 Å². The number of sulfonamides is 1. The van der Waals surface area contributed by atoms with Gasteiger partial charge in [0.25, 0.3) is 0 Å². The standard InChI is InChI=1S/C9H16N4O2S/c1-3-10-7-8(2)16(14,15)13-9-5-4-6-11-12-9/h4-6,8,10H,3,7H2,1-2H3,(H,12,13). The first-order valence-electron chi connectivity index (χ1n) is 5.06. The van der Waals surface area contributed by atoms with Gasteiger partial charge in [-0.05, 0) is 25.6 Å². The number of hydrogen-bond donors (Lipinski definition) is 2. The van der Waals surface area contributed by atoms with E-state index >= 15 is 0 Å². The molecule has 0 fully saturated rings. The largest absolute Gasteiger partial charge is 0.316 e. The van der Waals surface area contributed by atoms with E-state index in [0.717, 1.165) is 6.54 Å². The molecule has 0 aromatic carbocycles. The predicted octanol–water partition coefficient (Wildman–Crippen LogP) is 0.216.